The van der Waals surface area contributed by atoms with E-state index in [1.54, 1.807) is 4.90 Å². The van der Waals surface area contributed by atoms with Gasteiger partial charge in [0.25, 0.3) is 0 Å². The molecular weight excluding hydrogens is 220 g/mol. The molecule has 0 aromatic carbocycles. The molecule has 0 aliphatic rings. The van der Waals surface area contributed by atoms with Crippen molar-refractivity contribution in [1.29, 1.82) is 0 Å². The van der Waals surface area contributed by atoms with Crippen LogP contribution in [-0.2, 0) is 9.53 Å². The average Bonchev–Trinajstić information content (AvgIpc) is 2.27. The lowest BCUT2D eigenvalue weighted by atomic mass is 10.3. The number of likely N-dealkylation sites (N-methyl/N-ethyl adjacent to an activating group) is 1. The highest BCUT2D eigenvalue weighted by Crippen LogP contribution is 1.95. The van der Waals surface area contributed by atoms with Crippen molar-refractivity contribution in [2.24, 2.45) is 11.5 Å². The standard InChI is InChI=1S/C11H26N4O2/c1-14(2)9-11(16)17-10-15(7-3-5-12)8-4-6-13/h3-10,12-13H2,1-2H3. The lowest BCUT2D eigenvalue weighted by Gasteiger charge is -2.21. The Morgan fingerprint density at radius 1 is 1.12 bits per heavy atom. The van der Waals surface area contributed by atoms with Gasteiger partial charge in [0.15, 0.2) is 0 Å². The summed E-state index contributed by atoms with van der Waals surface area (Å²) >= 11 is 0. The molecule has 0 aromatic rings. The largest absolute Gasteiger partial charge is 0.449 e. The molecule has 0 atom stereocenters. The van der Waals surface area contributed by atoms with Crippen LogP contribution in [0.4, 0.5) is 0 Å². The summed E-state index contributed by atoms with van der Waals surface area (Å²) in [6, 6.07) is 0. The van der Waals surface area contributed by atoms with E-state index >= 15 is 0 Å². The third kappa shape index (κ3) is 10.2. The maximum absolute atomic E-state index is 11.4. The molecule has 0 spiro atoms. The summed E-state index contributed by atoms with van der Waals surface area (Å²) in [5.74, 6) is -0.208. The maximum atomic E-state index is 11.4. The van der Waals surface area contributed by atoms with E-state index in [9.17, 15) is 4.79 Å². The number of nitrogens with zero attached hydrogens (tertiary/aromatic N) is 2. The van der Waals surface area contributed by atoms with Crippen LogP contribution in [0.3, 0.4) is 0 Å². The first-order valence-corrected chi connectivity index (χ1v) is 6.03. The Morgan fingerprint density at radius 3 is 2.06 bits per heavy atom. The number of hydrogen-bond acceptors (Lipinski definition) is 6. The Labute approximate surface area is 104 Å². The Morgan fingerprint density at radius 2 is 1.65 bits per heavy atom. The zero-order chi connectivity index (χ0) is 13.1. The molecular formula is C11H26N4O2. The first-order valence-electron chi connectivity index (χ1n) is 6.03. The van der Waals surface area contributed by atoms with Crippen LogP contribution < -0.4 is 11.5 Å². The predicted octanol–water partition coefficient (Wildman–Crippen LogP) is -0.952. The molecule has 102 valence electrons. The number of rotatable bonds is 10. The number of hydrogen-bond donors (Lipinski definition) is 2. The molecule has 0 radical (unpaired) electrons. The van der Waals surface area contributed by atoms with Gasteiger partial charge in [0.1, 0.15) is 6.73 Å². The fourth-order valence-electron chi connectivity index (χ4n) is 1.34. The van der Waals surface area contributed by atoms with Crippen molar-refractivity contribution in [2.75, 3.05) is 53.5 Å². The minimum absolute atomic E-state index is 0.208. The number of carbonyl (C=O) groups is 1. The van der Waals surface area contributed by atoms with E-state index in [2.05, 4.69) is 4.90 Å². The molecule has 6 nitrogen and oxygen atoms in total. The molecule has 0 amide bonds. The zero-order valence-corrected chi connectivity index (χ0v) is 11.0. The highest BCUT2D eigenvalue weighted by molar-refractivity contribution is 5.71. The van der Waals surface area contributed by atoms with Crippen molar-refractivity contribution in [3.63, 3.8) is 0 Å². The highest BCUT2D eigenvalue weighted by atomic mass is 16.5. The molecule has 0 aliphatic heterocycles. The first-order chi connectivity index (χ1) is 8.10. The molecule has 0 bridgehead atoms. The van der Waals surface area contributed by atoms with E-state index in [1.807, 2.05) is 14.1 Å². The van der Waals surface area contributed by atoms with Gasteiger partial charge in [-0.3, -0.25) is 14.6 Å². The summed E-state index contributed by atoms with van der Waals surface area (Å²) in [5, 5.41) is 0. The fourth-order valence-corrected chi connectivity index (χ4v) is 1.34. The second-order valence-corrected chi connectivity index (χ2v) is 4.29. The molecule has 4 N–H and O–H groups in total. The van der Waals surface area contributed by atoms with Crippen molar-refractivity contribution in [3.05, 3.63) is 0 Å². The van der Waals surface area contributed by atoms with Crippen LogP contribution in [-0.4, -0.2) is 69.3 Å². The second-order valence-electron chi connectivity index (χ2n) is 4.29. The van der Waals surface area contributed by atoms with Gasteiger partial charge < -0.3 is 16.2 Å². The van der Waals surface area contributed by atoms with Gasteiger partial charge >= 0.3 is 5.97 Å². The second kappa shape index (κ2) is 10.5. The Hall–Kier alpha value is -0.690. The van der Waals surface area contributed by atoms with Crippen LogP contribution in [0.25, 0.3) is 0 Å². The quantitative estimate of drug-likeness (QED) is 0.382. The molecule has 0 aliphatic carbocycles. The van der Waals surface area contributed by atoms with Crippen molar-refractivity contribution in [1.82, 2.24) is 9.80 Å². The van der Waals surface area contributed by atoms with Crippen molar-refractivity contribution in [3.8, 4) is 0 Å². The molecule has 0 saturated heterocycles. The van der Waals surface area contributed by atoms with E-state index in [0.29, 0.717) is 26.4 Å². The Bertz CT molecular complexity index is 192. The summed E-state index contributed by atoms with van der Waals surface area (Å²) in [6.07, 6.45) is 1.80. The van der Waals surface area contributed by atoms with Crippen LogP contribution in [0.1, 0.15) is 12.8 Å². The van der Waals surface area contributed by atoms with Gasteiger partial charge in [-0.2, -0.15) is 0 Å². The van der Waals surface area contributed by atoms with Gasteiger partial charge in [0.05, 0.1) is 6.54 Å². The molecule has 0 rings (SSSR count). The topological polar surface area (TPSA) is 84.8 Å². The Balaban J connectivity index is 3.83. The normalized spacial score (nSPS) is 11.2. The summed E-state index contributed by atoms with van der Waals surface area (Å²) in [5.41, 5.74) is 10.9. The van der Waals surface area contributed by atoms with E-state index in [1.165, 1.54) is 0 Å². The van der Waals surface area contributed by atoms with Gasteiger partial charge in [0, 0.05) is 13.1 Å². The monoisotopic (exact) mass is 246 g/mol. The molecule has 0 saturated carbocycles. The van der Waals surface area contributed by atoms with Crippen LogP contribution >= 0.6 is 0 Å². The number of ether oxygens (including phenoxy) is 1. The minimum Gasteiger partial charge on any atom is -0.449 e. The van der Waals surface area contributed by atoms with Crippen molar-refractivity contribution >= 4 is 5.97 Å². The van der Waals surface area contributed by atoms with Gasteiger partial charge in [-0.05, 0) is 40.0 Å². The van der Waals surface area contributed by atoms with Gasteiger partial charge in [-0.15, -0.1) is 0 Å². The van der Waals surface area contributed by atoms with Crippen LogP contribution in [0.5, 0.6) is 0 Å². The minimum atomic E-state index is -0.208. The smallest absolute Gasteiger partial charge is 0.321 e. The lowest BCUT2D eigenvalue weighted by Crippen LogP contribution is -2.34. The van der Waals surface area contributed by atoms with Crippen LogP contribution in [0.15, 0.2) is 0 Å². The highest BCUT2D eigenvalue weighted by Gasteiger charge is 2.08. The molecule has 0 unspecified atom stereocenters. The summed E-state index contributed by atoms with van der Waals surface area (Å²) in [4.78, 5) is 15.2. The summed E-state index contributed by atoms with van der Waals surface area (Å²) < 4.78 is 5.17. The molecule has 17 heavy (non-hydrogen) atoms. The summed E-state index contributed by atoms with van der Waals surface area (Å²) in [7, 11) is 3.67. The van der Waals surface area contributed by atoms with Gasteiger partial charge in [-0.1, -0.05) is 0 Å². The van der Waals surface area contributed by atoms with Crippen molar-refractivity contribution < 1.29 is 9.53 Å². The van der Waals surface area contributed by atoms with Gasteiger partial charge in [0.2, 0.25) is 0 Å². The zero-order valence-electron chi connectivity index (χ0n) is 11.0. The number of nitrogens with two attached hydrogens (primary N) is 2. The lowest BCUT2D eigenvalue weighted by molar-refractivity contribution is -0.149. The molecule has 0 heterocycles. The summed E-state index contributed by atoms with van der Waals surface area (Å²) in [6.45, 7) is 3.60. The average molecular weight is 246 g/mol. The molecule has 0 fully saturated rings. The SMILES string of the molecule is CN(C)CC(=O)OCN(CCCN)CCCN. The number of carbonyl (C=O) groups excluding carboxylic acids is 1. The maximum Gasteiger partial charge on any atom is 0.321 e. The Kier molecular flexibility index (Phi) is 10.0. The molecule has 0 aromatic heterocycles. The molecule has 6 heteroatoms. The van der Waals surface area contributed by atoms with Gasteiger partial charge in [-0.25, -0.2) is 0 Å². The predicted molar refractivity (Wildman–Crippen MR) is 68.4 cm³/mol. The van der Waals surface area contributed by atoms with Crippen LogP contribution in [0.2, 0.25) is 0 Å². The van der Waals surface area contributed by atoms with E-state index in [0.717, 1.165) is 25.9 Å². The number of esters is 1. The van der Waals surface area contributed by atoms with E-state index in [-0.39, 0.29) is 5.97 Å². The van der Waals surface area contributed by atoms with E-state index in [4.69, 9.17) is 16.2 Å². The van der Waals surface area contributed by atoms with E-state index < -0.39 is 0 Å². The fraction of sp³-hybridized carbons (Fsp3) is 0.909. The third-order valence-corrected chi connectivity index (χ3v) is 2.21. The first kappa shape index (κ1) is 16.3. The van der Waals surface area contributed by atoms with Crippen LogP contribution in [0, 0.1) is 0 Å². The van der Waals surface area contributed by atoms with Crippen molar-refractivity contribution in [2.45, 2.75) is 12.8 Å². The third-order valence-electron chi connectivity index (χ3n) is 2.21.